The summed E-state index contributed by atoms with van der Waals surface area (Å²) >= 11 is 0. The lowest BCUT2D eigenvalue weighted by Gasteiger charge is -2.24. The van der Waals surface area contributed by atoms with Crippen molar-refractivity contribution in [2.75, 3.05) is 23.7 Å². The Balaban J connectivity index is 2.19. The van der Waals surface area contributed by atoms with E-state index in [-0.39, 0.29) is 5.75 Å². The molecule has 1 unspecified atom stereocenters. The summed E-state index contributed by atoms with van der Waals surface area (Å²) < 4.78 is 23.6. The predicted molar refractivity (Wildman–Crippen MR) is 82.6 cm³/mol. The molecule has 0 saturated carbocycles. The standard InChI is InChI=1S/C15H21NO4S/c1-15(2,3)21(19,20)9-8-16-10-12(14(17)18)11-6-4-5-7-13(11)16/h4-7,12H,8-10H2,1-3H3,(H,17,18). The summed E-state index contributed by atoms with van der Waals surface area (Å²) in [6.07, 6.45) is 0. The first-order chi connectivity index (χ1) is 9.63. The van der Waals surface area contributed by atoms with Crippen molar-refractivity contribution in [1.82, 2.24) is 0 Å². The largest absolute Gasteiger partial charge is 0.481 e. The molecule has 21 heavy (non-hydrogen) atoms. The number of nitrogens with zero attached hydrogens (tertiary/aromatic N) is 1. The Labute approximate surface area is 125 Å². The van der Waals surface area contributed by atoms with E-state index in [2.05, 4.69) is 0 Å². The molecule has 0 fully saturated rings. The number of sulfone groups is 1. The van der Waals surface area contributed by atoms with Crippen molar-refractivity contribution in [3.8, 4) is 0 Å². The molecule has 6 heteroatoms. The molecule has 0 radical (unpaired) electrons. The van der Waals surface area contributed by atoms with E-state index in [1.165, 1.54) is 0 Å². The van der Waals surface area contributed by atoms with Gasteiger partial charge in [0.15, 0.2) is 9.84 Å². The Morgan fingerprint density at radius 3 is 2.52 bits per heavy atom. The third kappa shape index (κ3) is 3.05. The number of hydrogen-bond donors (Lipinski definition) is 1. The first-order valence-electron chi connectivity index (χ1n) is 6.92. The second-order valence-electron chi connectivity index (χ2n) is 6.33. The Morgan fingerprint density at radius 1 is 1.33 bits per heavy atom. The summed E-state index contributed by atoms with van der Waals surface area (Å²) in [6.45, 7) is 5.69. The fourth-order valence-electron chi connectivity index (χ4n) is 2.45. The Morgan fingerprint density at radius 2 is 1.95 bits per heavy atom. The highest BCUT2D eigenvalue weighted by Gasteiger charge is 2.35. The van der Waals surface area contributed by atoms with Gasteiger partial charge in [-0.3, -0.25) is 4.79 Å². The fraction of sp³-hybridized carbons (Fsp3) is 0.533. The average molecular weight is 311 g/mol. The van der Waals surface area contributed by atoms with Gasteiger partial charge in [-0.05, 0) is 32.4 Å². The molecule has 0 amide bonds. The molecule has 2 rings (SSSR count). The monoisotopic (exact) mass is 311 g/mol. The summed E-state index contributed by atoms with van der Waals surface area (Å²) in [7, 11) is -3.21. The number of carbonyl (C=O) groups is 1. The molecule has 0 aromatic heterocycles. The maximum atomic E-state index is 12.2. The highest BCUT2D eigenvalue weighted by molar-refractivity contribution is 7.92. The number of carboxylic acids is 1. The van der Waals surface area contributed by atoms with Gasteiger partial charge in [0.25, 0.3) is 0 Å². The number of hydrogen-bond acceptors (Lipinski definition) is 4. The molecule has 1 aliphatic heterocycles. The van der Waals surface area contributed by atoms with E-state index in [0.717, 1.165) is 11.3 Å². The number of benzene rings is 1. The molecule has 0 saturated heterocycles. The highest BCUT2D eigenvalue weighted by atomic mass is 32.2. The molecule has 1 heterocycles. The fourth-order valence-corrected chi connectivity index (χ4v) is 3.52. The van der Waals surface area contributed by atoms with E-state index < -0.39 is 26.5 Å². The molecule has 1 aliphatic rings. The molecule has 116 valence electrons. The van der Waals surface area contributed by atoms with Gasteiger partial charge in [-0.25, -0.2) is 8.42 Å². The second kappa shape index (κ2) is 5.33. The minimum Gasteiger partial charge on any atom is -0.481 e. The van der Waals surface area contributed by atoms with Crippen molar-refractivity contribution >= 4 is 21.5 Å². The zero-order chi connectivity index (χ0) is 15.8. The normalized spacial score (nSPS) is 18.6. The van der Waals surface area contributed by atoms with Crippen molar-refractivity contribution in [3.63, 3.8) is 0 Å². The van der Waals surface area contributed by atoms with Crippen LogP contribution < -0.4 is 4.90 Å². The SMILES string of the molecule is CC(C)(C)S(=O)(=O)CCN1CC(C(=O)O)c2ccccc21. The van der Waals surface area contributed by atoms with Crippen molar-refractivity contribution in [2.45, 2.75) is 31.4 Å². The zero-order valence-electron chi connectivity index (χ0n) is 12.5. The van der Waals surface area contributed by atoms with Gasteiger partial charge in [-0.2, -0.15) is 0 Å². The van der Waals surface area contributed by atoms with Crippen LogP contribution in [0.25, 0.3) is 0 Å². The number of carboxylic acid groups (broad SMARTS) is 1. The van der Waals surface area contributed by atoms with E-state index in [4.69, 9.17) is 0 Å². The molecule has 0 spiro atoms. The van der Waals surface area contributed by atoms with E-state index in [1.54, 1.807) is 26.8 Å². The first-order valence-corrected chi connectivity index (χ1v) is 8.58. The lowest BCUT2D eigenvalue weighted by atomic mass is 10.0. The van der Waals surface area contributed by atoms with Crippen LogP contribution in [0.15, 0.2) is 24.3 Å². The Bertz CT molecular complexity index is 646. The third-order valence-electron chi connectivity index (χ3n) is 3.92. The van der Waals surface area contributed by atoms with Crippen LogP contribution in [0.2, 0.25) is 0 Å². The van der Waals surface area contributed by atoms with Crippen LogP contribution >= 0.6 is 0 Å². The van der Waals surface area contributed by atoms with Gasteiger partial charge >= 0.3 is 5.97 Å². The van der Waals surface area contributed by atoms with Crippen molar-refractivity contribution in [1.29, 1.82) is 0 Å². The van der Waals surface area contributed by atoms with Gasteiger partial charge in [0.1, 0.15) is 5.92 Å². The predicted octanol–water partition coefficient (Wildman–Crippen LogP) is 1.89. The molecule has 0 aliphatic carbocycles. The summed E-state index contributed by atoms with van der Waals surface area (Å²) in [5.74, 6) is -1.43. The van der Waals surface area contributed by atoms with Crippen LogP contribution in [0, 0.1) is 0 Å². The minimum absolute atomic E-state index is 0.0250. The van der Waals surface area contributed by atoms with Crippen molar-refractivity contribution in [2.24, 2.45) is 0 Å². The van der Waals surface area contributed by atoms with Crippen molar-refractivity contribution in [3.05, 3.63) is 29.8 Å². The van der Waals surface area contributed by atoms with Crippen LogP contribution in [0.3, 0.4) is 0 Å². The Hall–Kier alpha value is -1.56. The van der Waals surface area contributed by atoms with E-state index in [9.17, 15) is 18.3 Å². The van der Waals surface area contributed by atoms with Gasteiger partial charge in [0, 0.05) is 18.8 Å². The van der Waals surface area contributed by atoms with Crippen LogP contribution in [0.4, 0.5) is 5.69 Å². The van der Waals surface area contributed by atoms with Gasteiger partial charge in [-0.1, -0.05) is 18.2 Å². The summed E-state index contributed by atoms with van der Waals surface area (Å²) in [5.41, 5.74) is 1.59. The average Bonchev–Trinajstić information content (AvgIpc) is 2.74. The molecule has 1 atom stereocenters. The highest BCUT2D eigenvalue weighted by Crippen LogP contribution is 2.36. The second-order valence-corrected chi connectivity index (χ2v) is 9.19. The smallest absolute Gasteiger partial charge is 0.312 e. The molecule has 1 aromatic rings. The number of anilines is 1. The molecule has 1 N–H and O–H groups in total. The van der Waals surface area contributed by atoms with Crippen molar-refractivity contribution < 1.29 is 18.3 Å². The van der Waals surface area contributed by atoms with Gasteiger partial charge < -0.3 is 10.0 Å². The van der Waals surface area contributed by atoms with Crippen LogP contribution in [0.5, 0.6) is 0 Å². The molecule has 5 nitrogen and oxygen atoms in total. The Kier molecular flexibility index (Phi) is 4.02. The van der Waals surface area contributed by atoms with Gasteiger partial charge in [0.2, 0.25) is 0 Å². The molecular weight excluding hydrogens is 290 g/mol. The quantitative estimate of drug-likeness (QED) is 0.919. The zero-order valence-corrected chi connectivity index (χ0v) is 13.4. The summed E-state index contributed by atoms with van der Waals surface area (Å²) in [6, 6.07) is 7.30. The number of rotatable bonds is 4. The van der Waals surface area contributed by atoms with E-state index >= 15 is 0 Å². The maximum Gasteiger partial charge on any atom is 0.312 e. The van der Waals surface area contributed by atoms with Gasteiger partial charge in [0.05, 0.1) is 10.5 Å². The van der Waals surface area contributed by atoms with Crippen LogP contribution in [0.1, 0.15) is 32.3 Å². The first kappa shape index (κ1) is 15.8. The van der Waals surface area contributed by atoms with Crippen LogP contribution in [-0.2, 0) is 14.6 Å². The summed E-state index contributed by atoms with van der Waals surface area (Å²) in [5, 5.41) is 9.29. The van der Waals surface area contributed by atoms with Gasteiger partial charge in [-0.15, -0.1) is 0 Å². The summed E-state index contributed by atoms with van der Waals surface area (Å²) in [4.78, 5) is 13.2. The van der Waals surface area contributed by atoms with Crippen LogP contribution in [-0.4, -0.2) is 43.1 Å². The number of fused-ring (bicyclic) bond motifs is 1. The topological polar surface area (TPSA) is 74.7 Å². The van der Waals surface area contributed by atoms with E-state index in [1.807, 2.05) is 23.1 Å². The third-order valence-corrected chi connectivity index (χ3v) is 6.50. The number of para-hydroxylation sites is 1. The lowest BCUT2D eigenvalue weighted by molar-refractivity contribution is -0.138. The molecule has 1 aromatic carbocycles. The maximum absolute atomic E-state index is 12.2. The van der Waals surface area contributed by atoms with E-state index in [0.29, 0.717) is 13.1 Å². The number of aliphatic carboxylic acids is 1. The lowest BCUT2D eigenvalue weighted by Crippen LogP contribution is -2.36. The molecular formula is C15H21NO4S. The molecule has 0 bridgehead atoms. The minimum atomic E-state index is -3.21.